The molecule has 0 aliphatic heterocycles. The summed E-state index contributed by atoms with van der Waals surface area (Å²) in [5.74, 6) is 0.501. The fourth-order valence-electron chi connectivity index (χ4n) is 1.57. The quantitative estimate of drug-likeness (QED) is 0.850. The number of amides is 1. The van der Waals surface area contributed by atoms with Crippen LogP contribution in [0.2, 0.25) is 0 Å². The molecule has 1 aromatic rings. The van der Waals surface area contributed by atoms with Gasteiger partial charge in [-0.15, -0.1) is 16.7 Å². The fourth-order valence-corrected chi connectivity index (χ4v) is 2.88. The zero-order valence-corrected chi connectivity index (χ0v) is 13.8. The maximum absolute atomic E-state index is 12.2. The third-order valence-electron chi connectivity index (χ3n) is 2.90. The van der Waals surface area contributed by atoms with Crippen LogP contribution in [-0.2, 0) is 5.41 Å². The molecule has 0 bridgehead atoms. The summed E-state index contributed by atoms with van der Waals surface area (Å²) >= 11 is 6.90. The minimum absolute atomic E-state index is 0.00256. The Morgan fingerprint density at radius 3 is 2.47 bits per heavy atom. The molecule has 0 aliphatic carbocycles. The average Bonchev–Trinajstić information content (AvgIpc) is 2.74. The molecule has 0 saturated carbocycles. The highest BCUT2D eigenvalue weighted by molar-refractivity contribution is 7.08. The Balaban J connectivity index is 2.73. The molecular formula is C13H22ClN3OS. The lowest BCUT2D eigenvalue weighted by molar-refractivity contribution is 0.0937. The van der Waals surface area contributed by atoms with Crippen LogP contribution in [0.15, 0.2) is 0 Å². The number of nitrogens with one attached hydrogen (secondary N) is 1. The number of carbonyl (C=O) groups is 1. The SMILES string of the molecule is CC(C)(CCCl)CNC(=O)c1snnc1C(C)(C)C. The van der Waals surface area contributed by atoms with Crippen molar-refractivity contribution in [3.8, 4) is 0 Å². The Morgan fingerprint density at radius 1 is 1.32 bits per heavy atom. The van der Waals surface area contributed by atoms with Crippen LogP contribution in [0.3, 0.4) is 0 Å². The van der Waals surface area contributed by atoms with Gasteiger partial charge in [-0.3, -0.25) is 4.79 Å². The molecule has 1 aromatic heterocycles. The van der Waals surface area contributed by atoms with E-state index in [2.05, 4.69) is 28.8 Å². The van der Waals surface area contributed by atoms with Crippen LogP contribution in [0.1, 0.15) is 56.4 Å². The molecular weight excluding hydrogens is 282 g/mol. The van der Waals surface area contributed by atoms with Crippen LogP contribution in [0.25, 0.3) is 0 Å². The summed E-state index contributed by atoms with van der Waals surface area (Å²) in [6.07, 6.45) is 0.863. The highest BCUT2D eigenvalue weighted by Gasteiger charge is 2.27. The van der Waals surface area contributed by atoms with E-state index in [9.17, 15) is 4.79 Å². The third kappa shape index (κ3) is 4.73. The minimum Gasteiger partial charge on any atom is -0.351 e. The minimum atomic E-state index is -0.175. The van der Waals surface area contributed by atoms with Crippen LogP contribution in [0.5, 0.6) is 0 Å². The normalized spacial score (nSPS) is 12.5. The zero-order chi connectivity index (χ0) is 14.7. The zero-order valence-electron chi connectivity index (χ0n) is 12.2. The topological polar surface area (TPSA) is 54.9 Å². The Morgan fingerprint density at radius 2 is 1.95 bits per heavy atom. The molecule has 4 nitrogen and oxygen atoms in total. The number of carbonyl (C=O) groups excluding carboxylic acids is 1. The molecule has 19 heavy (non-hydrogen) atoms. The van der Waals surface area contributed by atoms with Gasteiger partial charge in [-0.25, -0.2) is 0 Å². The third-order valence-corrected chi connectivity index (χ3v) is 3.82. The Hall–Kier alpha value is -0.680. The highest BCUT2D eigenvalue weighted by Crippen LogP contribution is 2.26. The molecule has 1 rings (SSSR count). The number of alkyl halides is 1. The highest BCUT2D eigenvalue weighted by atomic mass is 35.5. The first-order valence-electron chi connectivity index (χ1n) is 6.34. The number of aromatic nitrogens is 2. The summed E-state index contributed by atoms with van der Waals surface area (Å²) in [4.78, 5) is 12.8. The van der Waals surface area contributed by atoms with Crippen molar-refractivity contribution in [2.24, 2.45) is 5.41 Å². The van der Waals surface area contributed by atoms with E-state index in [1.165, 1.54) is 0 Å². The predicted octanol–water partition coefficient (Wildman–Crippen LogP) is 3.22. The first-order valence-corrected chi connectivity index (χ1v) is 7.65. The van der Waals surface area contributed by atoms with E-state index >= 15 is 0 Å². The van der Waals surface area contributed by atoms with Crippen LogP contribution in [0, 0.1) is 5.41 Å². The second-order valence-corrected chi connectivity index (χ2v) is 7.62. The summed E-state index contributed by atoms with van der Waals surface area (Å²) in [7, 11) is 0. The number of hydrogen-bond donors (Lipinski definition) is 1. The van der Waals surface area contributed by atoms with Gasteiger partial charge >= 0.3 is 0 Å². The van der Waals surface area contributed by atoms with Crippen molar-refractivity contribution in [1.82, 2.24) is 14.9 Å². The molecule has 1 N–H and O–H groups in total. The summed E-state index contributed by atoms with van der Waals surface area (Å²) in [5, 5.41) is 7.03. The molecule has 1 heterocycles. The second kappa shape index (κ2) is 6.18. The van der Waals surface area contributed by atoms with Gasteiger partial charge in [0.2, 0.25) is 0 Å². The molecule has 0 fully saturated rings. The van der Waals surface area contributed by atoms with Crippen molar-refractivity contribution in [3.63, 3.8) is 0 Å². The van der Waals surface area contributed by atoms with Gasteiger partial charge in [0.05, 0.1) is 5.69 Å². The fraction of sp³-hybridized carbons (Fsp3) is 0.769. The van der Waals surface area contributed by atoms with Crippen LogP contribution >= 0.6 is 23.1 Å². The van der Waals surface area contributed by atoms with Gasteiger partial charge in [0.25, 0.3) is 5.91 Å². The van der Waals surface area contributed by atoms with Crippen LogP contribution < -0.4 is 5.32 Å². The molecule has 0 unspecified atom stereocenters. The van der Waals surface area contributed by atoms with Gasteiger partial charge in [-0.05, 0) is 23.4 Å². The van der Waals surface area contributed by atoms with E-state index in [0.717, 1.165) is 23.6 Å². The van der Waals surface area contributed by atoms with Gasteiger partial charge in [0, 0.05) is 17.8 Å². The van der Waals surface area contributed by atoms with E-state index < -0.39 is 0 Å². The first-order chi connectivity index (χ1) is 8.67. The van der Waals surface area contributed by atoms with E-state index in [4.69, 9.17) is 11.6 Å². The first kappa shape index (κ1) is 16.4. The molecule has 0 atom stereocenters. The number of halogens is 1. The van der Waals surface area contributed by atoms with Gasteiger partial charge < -0.3 is 5.32 Å². The number of rotatable bonds is 5. The standard InChI is InChI=1S/C13H22ClN3OS/c1-12(2,3)10-9(19-17-16-10)11(18)15-8-13(4,5)6-7-14/h6-8H2,1-5H3,(H,15,18). The number of hydrogen-bond acceptors (Lipinski definition) is 4. The summed E-state index contributed by atoms with van der Waals surface area (Å²) in [5.41, 5.74) is 0.577. The van der Waals surface area contributed by atoms with Gasteiger partial charge in [0.1, 0.15) is 4.88 Å². The molecule has 0 spiro atoms. The lowest BCUT2D eigenvalue weighted by Gasteiger charge is -2.24. The van der Waals surface area contributed by atoms with E-state index in [0.29, 0.717) is 17.3 Å². The van der Waals surface area contributed by atoms with Crippen molar-refractivity contribution in [2.45, 2.75) is 46.5 Å². The second-order valence-electron chi connectivity index (χ2n) is 6.49. The van der Waals surface area contributed by atoms with Gasteiger partial charge in [-0.2, -0.15) is 0 Å². The van der Waals surface area contributed by atoms with E-state index in [-0.39, 0.29) is 16.7 Å². The smallest absolute Gasteiger partial charge is 0.264 e. The Bertz CT molecular complexity index is 437. The largest absolute Gasteiger partial charge is 0.351 e. The Labute approximate surface area is 124 Å². The van der Waals surface area contributed by atoms with E-state index in [1.54, 1.807) is 0 Å². The molecule has 0 aliphatic rings. The average molecular weight is 304 g/mol. The van der Waals surface area contributed by atoms with Crippen molar-refractivity contribution in [3.05, 3.63) is 10.6 Å². The number of nitrogens with zero attached hydrogens (tertiary/aromatic N) is 2. The van der Waals surface area contributed by atoms with Crippen molar-refractivity contribution in [1.29, 1.82) is 0 Å². The summed E-state index contributed by atoms with van der Waals surface area (Å²) in [6.45, 7) is 10.9. The van der Waals surface area contributed by atoms with Crippen LogP contribution in [-0.4, -0.2) is 27.9 Å². The lowest BCUT2D eigenvalue weighted by Crippen LogP contribution is -2.35. The van der Waals surface area contributed by atoms with Crippen molar-refractivity contribution < 1.29 is 4.79 Å². The maximum Gasteiger partial charge on any atom is 0.264 e. The summed E-state index contributed by atoms with van der Waals surface area (Å²) < 4.78 is 3.90. The summed E-state index contributed by atoms with van der Waals surface area (Å²) in [6, 6.07) is 0. The predicted molar refractivity (Wildman–Crippen MR) is 80.1 cm³/mol. The van der Waals surface area contributed by atoms with Gasteiger partial charge in [0.15, 0.2) is 0 Å². The van der Waals surface area contributed by atoms with E-state index in [1.807, 2.05) is 20.8 Å². The molecule has 0 saturated heterocycles. The molecule has 108 valence electrons. The maximum atomic E-state index is 12.2. The molecule has 0 aromatic carbocycles. The molecule has 1 amide bonds. The Kier molecular flexibility index (Phi) is 5.33. The van der Waals surface area contributed by atoms with Crippen molar-refractivity contribution >= 4 is 29.0 Å². The lowest BCUT2D eigenvalue weighted by atomic mass is 9.89. The molecule has 6 heteroatoms. The monoisotopic (exact) mass is 303 g/mol. The molecule has 0 radical (unpaired) electrons. The van der Waals surface area contributed by atoms with Crippen LogP contribution in [0.4, 0.5) is 0 Å². The van der Waals surface area contributed by atoms with Crippen molar-refractivity contribution in [2.75, 3.05) is 12.4 Å². The van der Waals surface area contributed by atoms with Gasteiger partial charge in [-0.1, -0.05) is 39.1 Å².